The first-order valence-corrected chi connectivity index (χ1v) is 9.25. The second kappa shape index (κ2) is 7.63. The van der Waals surface area contributed by atoms with E-state index in [-0.39, 0.29) is 17.7 Å². The lowest BCUT2D eigenvalue weighted by Crippen LogP contribution is -2.30. The van der Waals surface area contributed by atoms with Gasteiger partial charge in [-0.1, -0.05) is 28.9 Å². The number of benzene rings is 1. The van der Waals surface area contributed by atoms with Crippen molar-refractivity contribution in [1.29, 1.82) is 0 Å². The minimum atomic E-state index is -0.201. The van der Waals surface area contributed by atoms with E-state index in [1.54, 1.807) is 11.3 Å². The van der Waals surface area contributed by atoms with E-state index in [0.717, 1.165) is 9.77 Å². The maximum Gasteiger partial charge on any atom is 0.246 e. The molecule has 2 aromatic heterocycles. The minimum absolute atomic E-state index is 0.0588. The van der Waals surface area contributed by atoms with Crippen LogP contribution in [0.2, 0.25) is 0 Å². The lowest BCUT2D eigenvalue weighted by atomic mass is 10.2. The first-order valence-electron chi connectivity index (χ1n) is 7.49. The molecule has 0 saturated carbocycles. The lowest BCUT2D eigenvalue weighted by Gasteiger charge is -2.10. The largest absolute Gasteiger partial charge is 0.346 e. The van der Waals surface area contributed by atoms with Crippen LogP contribution in [0.1, 0.15) is 18.4 Å². The summed E-state index contributed by atoms with van der Waals surface area (Å²) in [4.78, 5) is 18.5. The molecule has 3 aromatic rings. The van der Waals surface area contributed by atoms with Gasteiger partial charge in [-0.25, -0.2) is 0 Å². The first kappa shape index (κ1) is 16.7. The van der Waals surface area contributed by atoms with Gasteiger partial charge in [0.05, 0.1) is 16.7 Å². The summed E-state index contributed by atoms with van der Waals surface area (Å²) in [5.41, 5.74) is 1.20. The van der Waals surface area contributed by atoms with Crippen LogP contribution >= 0.6 is 23.1 Å². The normalized spacial score (nSPS) is 12.1. The van der Waals surface area contributed by atoms with Crippen LogP contribution in [-0.4, -0.2) is 21.3 Å². The van der Waals surface area contributed by atoms with Gasteiger partial charge in [0.25, 0.3) is 0 Å². The molecule has 0 fully saturated rings. The predicted molar refractivity (Wildman–Crippen MR) is 96.0 cm³/mol. The number of rotatable bonds is 6. The summed E-state index contributed by atoms with van der Waals surface area (Å²) in [6.45, 7) is 4.15. The number of thiophene rings is 1. The number of thioether (sulfide) groups is 1. The molecular weight excluding hydrogens is 342 g/mol. The van der Waals surface area contributed by atoms with Gasteiger partial charge in [-0.05, 0) is 37.4 Å². The molecule has 3 rings (SSSR count). The van der Waals surface area contributed by atoms with E-state index in [1.807, 2.05) is 55.6 Å². The van der Waals surface area contributed by atoms with Crippen molar-refractivity contribution >= 4 is 29.0 Å². The highest BCUT2D eigenvalue weighted by Crippen LogP contribution is 2.24. The molecular formula is C17H17N3O2S2. The summed E-state index contributed by atoms with van der Waals surface area (Å²) in [5, 5.41) is 8.52. The number of aryl methyl sites for hydroxylation is 1. The van der Waals surface area contributed by atoms with Crippen LogP contribution in [0, 0.1) is 6.92 Å². The van der Waals surface area contributed by atoms with Crippen molar-refractivity contribution in [3.05, 3.63) is 53.2 Å². The van der Waals surface area contributed by atoms with E-state index in [0.29, 0.717) is 11.7 Å². The van der Waals surface area contributed by atoms with Crippen LogP contribution in [0.3, 0.4) is 0 Å². The molecule has 1 unspecified atom stereocenters. The molecule has 0 aliphatic heterocycles. The second-order valence-corrected chi connectivity index (χ2v) is 7.64. The van der Waals surface area contributed by atoms with Crippen molar-refractivity contribution in [2.45, 2.75) is 30.5 Å². The van der Waals surface area contributed by atoms with Crippen LogP contribution < -0.4 is 5.32 Å². The van der Waals surface area contributed by atoms with Crippen molar-refractivity contribution in [2.24, 2.45) is 0 Å². The standard InChI is InChI=1S/C17H17N3O2S2/c1-11-5-7-13(8-6-11)24-12(2)17(21)18-10-15-19-16(20-22-15)14-4-3-9-23-14/h3-9,12H,10H2,1-2H3,(H,18,21). The van der Waals surface area contributed by atoms with Crippen molar-refractivity contribution in [2.75, 3.05) is 0 Å². The van der Waals surface area contributed by atoms with Gasteiger partial charge >= 0.3 is 0 Å². The molecule has 0 bridgehead atoms. The maximum atomic E-state index is 12.2. The Labute approximate surface area is 148 Å². The van der Waals surface area contributed by atoms with Gasteiger partial charge in [0.15, 0.2) is 0 Å². The number of hydrogen-bond acceptors (Lipinski definition) is 6. The van der Waals surface area contributed by atoms with E-state index in [4.69, 9.17) is 4.52 Å². The molecule has 24 heavy (non-hydrogen) atoms. The number of nitrogens with one attached hydrogen (secondary N) is 1. The average molecular weight is 359 g/mol. The molecule has 124 valence electrons. The maximum absolute atomic E-state index is 12.2. The number of hydrogen-bond donors (Lipinski definition) is 1. The van der Waals surface area contributed by atoms with E-state index >= 15 is 0 Å². The zero-order valence-electron chi connectivity index (χ0n) is 13.4. The monoisotopic (exact) mass is 359 g/mol. The molecule has 2 heterocycles. The Morgan fingerprint density at radius 3 is 2.83 bits per heavy atom. The Hall–Kier alpha value is -2.12. The smallest absolute Gasteiger partial charge is 0.246 e. The number of aromatic nitrogens is 2. The Morgan fingerprint density at radius 1 is 1.33 bits per heavy atom. The molecule has 0 aliphatic carbocycles. The van der Waals surface area contributed by atoms with Gasteiger partial charge in [0, 0.05) is 4.90 Å². The zero-order valence-corrected chi connectivity index (χ0v) is 15.0. The predicted octanol–water partition coefficient (Wildman–Crippen LogP) is 3.90. The third-order valence-corrected chi connectivity index (χ3v) is 5.30. The van der Waals surface area contributed by atoms with Crippen molar-refractivity contribution in [1.82, 2.24) is 15.5 Å². The van der Waals surface area contributed by atoms with Gasteiger partial charge < -0.3 is 9.84 Å². The zero-order chi connectivity index (χ0) is 16.9. The number of carbonyl (C=O) groups is 1. The van der Waals surface area contributed by atoms with Gasteiger partial charge in [0.2, 0.25) is 17.6 Å². The first-order chi connectivity index (χ1) is 11.6. The van der Waals surface area contributed by atoms with Crippen molar-refractivity contribution in [3.8, 4) is 10.7 Å². The Morgan fingerprint density at radius 2 is 2.12 bits per heavy atom. The van der Waals surface area contributed by atoms with Crippen LogP contribution in [0.5, 0.6) is 0 Å². The second-order valence-electron chi connectivity index (χ2n) is 5.28. The van der Waals surface area contributed by atoms with E-state index < -0.39 is 0 Å². The third kappa shape index (κ3) is 4.24. The Bertz CT molecular complexity index is 798. The minimum Gasteiger partial charge on any atom is -0.346 e. The Kier molecular flexibility index (Phi) is 5.32. The van der Waals surface area contributed by atoms with Crippen LogP contribution in [0.4, 0.5) is 0 Å². The lowest BCUT2D eigenvalue weighted by molar-refractivity contribution is -0.120. The topological polar surface area (TPSA) is 68.0 Å². The number of nitrogens with zero attached hydrogens (tertiary/aromatic N) is 2. The summed E-state index contributed by atoms with van der Waals surface area (Å²) in [6.07, 6.45) is 0. The summed E-state index contributed by atoms with van der Waals surface area (Å²) >= 11 is 3.07. The molecule has 7 heteroatoms. The van der Waals surface area contributed by atoms with Gasteiger partial charge in [-0.15, -0.1) is 23.1 Å². The highest BCUT2D eigenvalue weighted by atomic mass is 32.2. The van der Waals surface area contributed by atoms with Gasteiger partial charge in [-0.3, -0.25) is 4.79 Å². The van der Waals surface area contributed by atoms with Crippen LogP contribution in [0.25, 0.3) is 10.7 Å². The SMILES string of the molecule is Cc1ccc(SC(C)C(=O)NCc2nc(-c3cccs3)no2)cc1. The van der Waals surface area contributed by atoms with Crippen LogP contribution in [-0.2, 0) is 11.3 Å². The highest BCUT2D eigenvalue weighted by molar-refractivity contribution is 8.00. The molecule has 5 nitrogen and oxygen atoms in total. The quantitative estimate of drug-likeness (QED) is 0.676. The molecule has 1 N–H and O–H groups in total. The van der Waals surface area contributed by atoms with Crippen molar-refractivity contribution in [3.63, 3.8) is 0 Å². The summed E-state index contributed by atoms with van der Waals surface area (Å²) in [5.74, 6) is 0.895. The molecule has 1 aromatic carbocycles. The highest BCUT2D eigenvalue weighted by Gasteiger charge is 2.16. The fourth-order valence-electron chi connectivity index (χ4n) is 2.01. The summed E-state index contributed by atoms with van der Waals surface area (Å²) in [7, 11) is 0. The molecule has 0 radical (unpaired) electrons. The molecule has 1 atom stereocenters. The van der Waals surface area contributed by atoms with Crippen molar-refractivity contribution < 1.29 is 9.32 Å². The van der Waals surface area contributed by atoms with Gasteiger partial charge in [-0.2, -0.15) is 4.98 Å². The molecule has 0 aliphatic rings. The average Bonchev–Trinajstić information content (AvgIpc) is 3.25. The summed E-state index contributed by atoms with van der Waals surface area (Å²) in [6, 6.07) is 12.0. The van der Waals surface area contributed by atoms with E-state index in [1.165, 1.54) is 17.3 Å². The van der Waals surface area contributed by atoms with Gasteiger partial charge in [0.1, 0.15) is 0 Å². The Balaban J connectivity index is 1.52. The summed E-state index contributed by atoms with van der Waals surface area (Å²) < 4.78 is 5.17. The fourth-order valence-corrected chi connectivity index (χ4v) is 3.55. The van der Waals surface area contributed by atoms with E-state index in [9.17, 15) is 4.79 Å². The molecule has 1 amide bonds. The third-order valence-electron chi connectivity index (χ3n) is 3.33. The van der Waals surface area contributed by atoms with Crippen LogP contribution in [0.15, 0.2) is 51.2 Å². The number of amides is 1. The molecule has 0 saturated heterocycles. The number of carbonyl (C=O) groups excluding carboxylic acids is 1. The molecule has 0 spiro atoms. The fraction of sp³-hybridized carbons (Fsp3) is 0.235. The van der Waals surface area contributed by atoms with E-state index in [2.05, 4.69) is 15.5 Å².